The summed E-state index contributed by atoms with van der Waals surface area (Å²) in [4.78, 5) is 21.5. The molecule has 0 aliphatic rings. The maximum atomic E-state index is 12.9. The number of carbonyl (C=O) groups excluding carboxylic acids is 1. The van der Waals surface area contributed by atoms with E-state index in [-0.39, 0.29) is 10.5 Å². The molecule has 0 atom stereocenters. The minimum Gasteiger partial charge on any atom is -0.319 e. The van der Waals surface area contributed by atoms with Crippen molar-refractivity contribution in [2.45, 2.75) is 18.7 Å². The van der Waals surface area contributed by atoms with Gasteiger partial charge in [0.15, 0.2) is 5.82 Å². The van der Waals surface area contributed by atoms with Gasteiger partial charge in [-0.2, -0.15) is 0 Å². The molecule has 0 spiro atoms. The zero-order valence-corrected chi connectivity index (χ0v) is 18.9. The van der Waals surface area contributed by atoms with Crippen LogP contribution in [0, 0.1) is 13.8 Å². The van der Waals surface area contributed by atoms with Crippen molar-refractivity contribution in [1.29, 1.82) is 0 Å². The van der Waals surface area contributed by atoms with Gasteiger partial charge in [-0.15, -0.1) is 0 Å². The van der Waals surface area contributed by atoms with Crippen LogP contribution in [0.25, 0.3) is 11.4 Å². The zero-order valence-electron chi connectivity index (χ0n) is 18.1. The van der Waals surface area contributed by atoms with Gasteiger partial charge in [-0.1, -0.05) is 54.6 Å². The smallest absolute Gasteiger partial charge is 0.261 e. The average Bonchev–Trinajstić information content (AvgIpc) is 2.81. The Morgan fingerprint density at radius 3 is 2.18 bits per heavy atom. The fourth-order valence-electron chi connectivity index (χ4n) is 3.23. The quantitative estimate of drug-likeness (QED) is 0.432. The molecule has 33 heavy (non-hydrogen) atoms. The van der Waals surface area contributed by atoms with Gasteiger partial charge in [0.25, 0.3) is 15.9 Å². The van der Waals surface area contributed by atoms with Crippen LogP contribution >= 0.6 is 0 Å². The van der Waals surface area contributed by atoms with Gasteiger partial charge in [-0.25, -0.2) is 18.4 Å². The number of benzene rings is 3. The van der Waals surface area contributed by atoms with Crippen LogP contribution < -0.4 is 10.0 Å². The summed E-state index contributed by atoms with van der Waals surface area (Å²) >= 11 is 0. The first-order valence-corrected chi connectivity index (χ1v) is 11.7. The van der Waals surface area contributed by atoms with E-state index in [9.17, 15) is 13.2 Å². The highest BCUT2D eigenvalue weighted by atomic mass is 32.2. The molecule has 166 valence electrons. The summed E-state index contributed by atoms with van der Waals surface area (Å²) in [5.41, 5.74) is 3.44. The van der Waals surface area contributed by atoms with Crippen molar-refractivity contribution >= 4 is 27.3 Å². The van der Waals surface area contributed by atoms with Crippen LogP contribution in [0.3, 0.4) is 0 Å². The third-order valence-electron chi connectivity index (χ3n) is 5.10. The van der Waals surface area contributed by atoms with E-state index in [0.717, 1.165) is 11.1 Å². The van der Waals surface area contributed by atoms with Crippen molar-refractivity contribution in [2.24, 2.45) is 0 Å². The van der Waals surface area contributed by atoms with Crippen molar-refractivity contribution in [2.75, 3.05) is 10.0 Å². The summed E-state index contributed by atoms with van der Waals surface area (Å²) in [7, 11) is -3.87. The van der Waals surface area contributed by atoms with E-state index < -0.39 is 15.9 Å². The van der Waals surface area contributed by atoms with Gasteiger partial charge in [0.05, 0.1) is 28.7 Å². The van der Waals surface area contributed by atoms with E-state index in [0.29, 0.717) is 22.8 Å². The molecule has 1 amide bonds. The molecule has 7 nitrogen and oxygen atoms in total. The lowest BCUT2D eigenvalue weighted by Gasteiger charge is -2.13. The number of sulfonamides is 1. The van der Waals surface area contributed by atoms with Gasteiger partial charge in [-0.3, -0.25) is 9.52 Å². The van der Waals surface area contributed by atoms with E-state index in [2.05, 4.69) is 20.0 Å². The van der Waals surface area contributed by atoms with Gasteiger partial charge in [-0.05, 0) is 43.2 Å². The maximum Gasteiger partial charge on any atom is 0.261 e. The maximum absolute atomic E-state index is 12.9. The van der Waals surface area contributed by atoms with Gasteiger partial charge in [0, 0.05) is 11.1 Å². The van der Waals surface area contributed by atoms with Gasteiger partial charge in [0.1, 0.15) is 0 Å². The Morgan fingerprint density at radius 2 is 1.48 bits per heavy atom. The largest absolute Gasteiger partial charge is 0.319 e. The van der Waals surface area contributed by atoms with E-state index in [4.69, 9.17) is 0 Å². The molecule has 0 saturated heterocycles. The Labute approximate surface area is 192 Å². The molecule has 2 N–H and O–H groups in total. The molecule has 0 aliphatic carbocycles. The third-order valence-corrected chi connectivity index (χ3v) is 6.46. The number of aromatic nitrogens is 2. The number of anilines is 2. The number of hydrogen-bond acceptors (Lipinski definition) is 5. The number of nitrogens with zero attached hydrogens (tertiary/aromatic N) is 2. The Balaban J connectivity index is 1.55. The topological polar surface area (TPSA) is 101 Å². The fraction of sp³-hybridized carbons (Fsp3) is 0.0800. The standard InChI is InChI=1S/C25H22N4O3S/c1-17-12-13-21(33(31,32)29-23-11-7-6-8-18(23)2)14-22(17)25(30)28-20-15-26-24(27-16-20)19-9-4-3-5-10-19/h3-16,29H,1-2H3,(H,28,30). The second kappa shape index (κ2) is 9.22. The highest BCUT2D eigenvalue weighted by Crippen LogP contribution is 2.22. The minimum atomic E-state index is -3.87. The second-order valence-electron chi connectivity index (χ2n) is 7.51. The minimum absolute atomic E-state index is 0.00261. The lowest BCUT2D eigenvalue weighted by molar-refractivity contribution is 0.102. The summed E-state index contributed by atoms with van der Waals surface area (Å²) < 4.78 is 28.4. The highest BCUT2D eigenvalue weighted by Gasteiger charge is 2.19. The van der Waals surface area contributed by atoms with Crippen molar-refractivity contribution in [3.63, 3.8) is 0 Å². The number of amides is 1. The van der Waals surface area contributed by atoms with E-state index in [1.54, 1.807) is 25.1 Å². The van der Waals surface area contributed by atoms with Crippen LogP contribution in [0.5, 0.6) is 0 Å². The van der Waals surface area contributed by atoms with Crippen molar-refractivity contribution < 1.29 is 13.2 Å². The average molecular weight is 459 g/mol. The highest BCUT2D eigenvalue weighted by molar-refractivity contribution is 7.92. The number of nitrogens with one attached hydrogen (secondary N) is 2. The Kier molecular flexibility index (Phi) is 6.19. The molecule has 0 unspecified atom stereocenters. The molecular formula is C25H22N4O3S. The molecule has 4 aromatic rings. The van der Waals surface area contributed by atoms with Crippen LogP contribution in [-0.4, -0.2) is 24.3 Å². The molecule has 0 fully saturated rings. The first-order valence-electron chi connectivity index (χ1n) is 10.2. The molecule has 0 radical (unpaired) electrons. The third kappa shape index (κ3) is 5.07. The van der Waals surface area contributed by atoms with Crippen LogP contribution in [0.4, 0.5) is 11.4 Å². The SMILES string of the molecule is Cc1ccccc1NS(=O)(=O)c1ccc(C)c(C(=O)Nc2cnc(-c3ccccc3)nc2)c1. The molecule has 0 saturated carbocycles. The molecule has 1 heterocycles. The van der Waals surface area contributed by atoms with Crippen molar-refractivity contribution in [3.05, 3.63) is 102 Å². The summed E-state index contributed by atoms with van der Waals surface area (Å²) in [5.74, 6) is 0.0941. The lowest BCUT2D eigenvalue weighted by Crippen LogP contribution is -2.17. The second-order valence-corrected chi connectivity index (χ2v) is 9.20. The van der Waals surface area contributed by atoms with E-state index in [1.807, 2.05) is 49.4 Å². The van der Waals surface area contributed by atoms with Gasteiger partial charge < -0.3 is 5.32 Å². The summed E-state index contributed by atoms with van der Waals surface area (Å²) in [5, 5.41) is 2.74. The number of rotatable bonds is 6. The Bertz CT molecular complexity index is 1400. The molecule has 8 heteroatoms. The van der Waals surface area contributed by atoms with Crippen molar-refractivity contribution in [1.82, 2.24) is 9.97 Å². The van der Waals surface area contributed by atoms with Gasteiger partial charge in [0.2, 0.25) is 0 Å². The molecule has 1 aromatic heterocycles. The van der Waals surface area contributed by atoms with Crippen LogP contribution in [0.15, 0.2) is 90.1 Å². The summed E-state index contributed by atoms with van der Waals surface area (Å²) in [6, 6.07) is 21.0. The van der Waals surface area contributed by atoms with E-state index >= 15 is 0 Å². The first kappa shape index (κ1) is 22.2. The van der Waals surface area contributed by atoms with Gasteiger partial charge >= 0.3 is 0 Å². The lowest BCUT2D eigenvalue weighted by atomic mass is 10.1. The van der Waals surface area contributed by atoms with Crippen LogP contribution in [0.1, 0.15) is 21.5 Å². The fourth-order valence-corrected chi connectivity index (χ4v) is 4.39. The Hall–Kier alpha value is -4.04. The molecule has 4 rings (SSSR count). The molecule has 0 aliphatic heterocycles. The Morgan fingerprint density at radius 1 is 0.818 bits per heavy atom. The summed E-state index contributed by atoms with van der Waals surface area (Å²) in [6.45, 7) is 3.56. The summed E-state index contributed by atoms with van der Waals surface area (Å²) in [6.07, 6.45) is 3.03. The van der Waals surface area contributed by atoms with Crippen LogP contribution in [-0.2, 0) is 10.0 Å². The van der Waals surface area contributed by atoms with Crippen LogP contribution in [0.2, 0.25) is 0 Å². The normalized spacial score (nSPS) is 11.1. The first-order chi connectivity index (χ1) is 15.8. The zero-order chi connectivity index (χ0) is 23.4. The van der Waals surface area contributed by atoms with Crippen molar-refractivity contribution in [3.8, 4) is 11.4 Å². The number of hydrogen-bond donors (Lipinski definition) is 2. The predicted octanol–water partition coefficient (Wildman–Crippen LogP) is 4.81. The molecule has 0 bridgehead atoms. The number of carbonyl (C=O) groups is 1. The van der Waals surface area contributed by atoms with E-state index in [1.165, 1.54) is 24.5 Å². The number of para-hydroxylation sites is 1. The molecule has 3 aromatic carbocycles. The molecular weight excluding hydrogens is 436 g/mol. The number of aryl methyl sites for hydroxylation is 2. The predicted molar refractivity (Wildman–Crippen MR) is 129 cm³/mol. The monoisotopic (exact) mass is 458 g/mol.